The lowest BCUT2D eigenvalue weighted by atomic mass is 10.1. The minimum Gasteiger partial charge on any atom is -0.454 e. The number of ether oxygens (including phenoxy) is 1. The lowest BCUT2D eigenvalue weighted by Crippen LogP contribution is -2.34. The monoisotopic (exact) mass is 359 g/mol. The summed E-state index contributed by atoms with van der Waals surface area (Å²) < 4.78 is 5.85. The number of hydrogen-bond donors (Lipinski definition) is 2. The number of aromatic nitrogens is 2. The van der Waals surface area contributed by atoms with Crippen LogP contribution in [0.2, 0.25) is 0 Å². The van der Waals surface area contributed by atoms with Gasteiger partial charge in [-0.25, -0.2) is 4.79 Å². The first-order valence-corrected chi connectivity index (χ1v) is 8.22. The highest BCUT2D eigenvalue weighted by Gasteiger charge is 2.13. The molecule has 0 saturated heterocycles. The molecule has 0 saturated carbocycles. The Morgan fingerprint density at radius 2 is 1.88 bits per heavy atom. The van der Waals surface area contributed by atoms with E-state index < -0.39 is 36.3 Å². The Morgan fingerprint density at radius 1 is 1.19 bits per heavy atom. The van der Waals surface area contributed by atoms with Crippen molar-refractivity contribution in [2.45, 2.75) is 32.9 Å². The second-order valence-electron chi connectivity index (χ2n) is 5.78. The van der Waals surface area contributed by atoms with E-state index in [1.165, 1.54) is 11.8 Å². The summed E-state index contributed by atoms with van der Waals surface area (Å²) in [6, 6.07) is 8.78. The van der Waals surface area contributed by atoms with Gasteiger partial charge in [0.05, 0.1) is 6.04 Å². The van der Waals surface area contributed by atoms with E-state index in [0.717, 1.165) is 22.6 Å². The highest BCUT2D eigenvalue weighted by molar-refractivity contribution is 5.80. The number of H-pyrrole nitrogens is 1. The summed E-state index contributed by atoms with van der Waals surface area (Å²) in [4.78, 5) is 48.1. The van der Waals surface area contributed by atoms with Crippen LogP contribution in [0.25, 0.3) is 0 Å². The number of rotatable bonds is 7. The van der Waals surface area contributed by atoms with Crippen LogP contribution in [-0.4, -0.2) is 28.0 Å². The maximum absolute atomic E-state index is 11.9. The largest absolute Gasteiger partial charge is 0.454 e. The van der Waals surface area contributed by atoms with Crippen LogP contribution < -0.4 is 16.6 Å². The van der Waals surface area contributed by atoms with Crippen molar-refractivity contribution in [2.24, 2.45) is 0 Å². The lowest BCUT2D eigenvalue weighted by Gasteiger charge is -2.15. The van der Waals surface area contributed by atoms with Crippen LogP contribution in [0.15, 0.2) is 46.1 Å². The van der Waals surface area contributed by atoms with Crippen LogP contribution in [0.3, 0.4) is 0 Å². The molecule has 8 heteroatoms. The van der Waals surface area contributed by atoms with Gasteiger partial charge in [0.2, 0.25) is 0 Å². The summed E-state index contributed by atoms with van der Waals surface area (Å²) in [6.07, 6.45) is 2.12. The molecule has 0 fully saturated rings. The van der Waals surface area contributed by atoms with E-state index in [-0.39, 0.29) is 6.04 Å². The third kappa shape index (κ3) is 5.44. The van der Waals surface area contributed by atoms with Gasteiger partial charge in [-0.1, -0.05) is 31.2 Å². The van der Waals surface area contributed by atoms with Crippen molar-refractivity contribution in [3.05, 3.63) is 68.5 Å². The van der Waals surface area contributed by atoms with E-state index in [0.29, 0.717) is 0 Å². The van der Waals surface area contributed by atoms with E-state index in [2.05, 4.69) is 12.2 Å². The van der Waals surface area contributed by atoms with E-state index in [1.807, 2.05) is 36.2 Å². The predicted molar refractivity (Wildman–Crippen MR) is 94.7 cm³/mol. The summed E-state index contributed by atoms with van der Waals surface area (Å²) in [5.41, 5.74) is 0.878. The molecule has 0 spiro atoms. The average molecular weight is 359 g/mol. The molecule has 1 heterocycles. The zero-order valence-corrected chi connectivity index (χ0v) is 14.7. The number of aryl methyl sites for hydroxylation is 1. The van der Waals surface area contributed by atoms with Crippen molar-refractivity contribution in [1.29, 1.82) is 0 Å². The Labute approximate surface area is 149 Å². The molecule has 0 aliphatic heterocycles. The highest BCUT2D eigenvalue weighted by Crippen LogP contribution is 2.13. The van der Waals surface area contributed by atoms with Crippen molar-refractivity contribution in [2.75, 3.05) is 6.61 Å². The van der Waals surface area contributed by atoms with E-state index in [1.54, 1.807) is 0 Å². The van der Waals surface area contributed by atoms with Gasteiger partial charge < -0.3 is 10.1 Å². The van der Waals surface area contributed by atoms with E-state index in [4.69, 9.17) is 4.74 Å². The summed E-state index contributed by atoms with van der Waals surface area (Å²) in [7, 11) is 0. The molecule has 0 aliphatic rings. The molecule has 2 N–H and O–H groups in total. The number of esters is 1. The van der Waals surface area contributed by atoms with Gasteiger partial charge in [0.25, 0.3) is 11.5 Å². The van der Waals surface area contributed by atoms with Crippen LogP contribution in [-0.2, 0) is 27.3 Å². The van der Waals surface area contributed by atoms with E-state index >= 15 is 0 Å². The number of benzene rings is 1. The van der Waals surface area contributed by atoms with Crippen molar-refractivity contribution in [3.8, 4) is 0 Å². The molecule has 26 heavy (non-hydrogen) atoms. The molecule has 1 aromatic heterocycles. The van der Waals surface area contributed by atoms with Crippen LogP contribution in [0, 0.1) is 0 Å². The zero-order valence-electron chi connectivity index (χ0n) is 14.7. The van der Waals surface area contributed by atoms with Crippen LogP contribution in [0.4, 0.5) is 0 Å². The molecule has 0 aliphatic carbocycles. The number of carbonyl (C=O) groups excluding carboxylic acids is 2. The quantitative estimate of drug-likeness (QED) is 0.700. The Morgan fingerprint density at radius 3 is 2.50 bits per heavy atom. The molecule has 0 bridgehead atoms. The van der Waals surface area contributed by atoms with E-state index in [9.17, 15) is 19.2 Å². The maximum Gasteiger partial charge on any atom is 0.328 e. The Balaban J connectivity index is 1.82. The van der Waals surface area contributed by atoms with Crippen LogP contribution >= 0.6 is 0 Å². The molecule has 138 valence electrons. The molecule has 1 atom stereocenters. The Hall–Kier alpha value is -3.16. The highest BCUT2D eigenvalue weighted by atomic mass is 16.5. The molecular formula is C18H21N3O5. The molecule has 0 unspecified atom stereocenters. The first-order chi connectivity index (χ1) is 12.4. The topological polar surface area (TPSA) is 110 Å². The second-order valence-corrected chi connectivity index (χ2v) is 5.78. The van der Waals surface area contributed by atoms with Gasteiger partial charge in [-0.15, -0.1) is 0 Å². The molecule has 8 nitrogen and oxygen atoms in total. The molecule has 1 amide bonds. The number of amides is 1. The molecular weight excluding hydrogens is 338 g/mol. The standard InChI is InChI=1S/C18H21N3O5/c1-3-13-4-6-14(7-5-13)12(2)19-16(23)11-26-17(24)10-21-9-8-15(22)20-18(21)25/h4-9,12H,3,10-11H2,1-2H3,(H,19,23)(H,20,22,25)/t12-/m0/s1. The van der Waals surface area contributed by atoms with Gasteiger partial charge in [0, 0.05) is 12.3 Å². The summed E-state index contributed by atoms with van der Waals surface area (Å²) >= 11 is 0. The van der Waals surface area contributed by atoms with Crippen LogP contribution in [0.1, 0.15) is 31.0 Å². The Kier molecular flexibility index (Phi) is 6.48. The zero-order chi connectivity index (χ0) is 19.1. The SMILES string of the molecule is CCc1ccc([C@H](C)NC(=O)COC(=O)Cn2ccc(=O)[nH]c2=O)cc1. The minimum absolute atomic E-state index is 0.228. The minimum atomic E-state index is -0.755. The van der Waals surface area contributed by atoms with Gasteiger partial charge in [-0.2, -0.15) is 0 Å². The fourth-order valence-electron chi connectivity index (χ4n) is 2.31. The number of nitrogens with one attached hydrogen (secondary N) is 2. The third-order valence-corrected chi connectivity index (χ3v) is 3.83. The first-order valence-electron chi connectivity index (χ1n) is 8.22. The normalized spacial score (nSPS) is 11.6. The molecule has 1 aromatic carbocycles. The van der Waals surface area contributed by atoms with Crippen molar-refractivity contribution < 1.29 is 14.3 Å². The fourth-order valence-corrected chi connectivity index (χ4v) is 2.31. The smallest absolute Gasteiger partial charge is 0.328 e. The first kappa shape index (κ1) is 19.2. The number of hydrogen-bond acceptors (Lipinski definition) is 5. The van der Waals surface area contributed by atoms with Crippen molar-refractivity contribution in [1.82, 2.24) is 14.9 Å². The number of nitrogens with zero attached hydrogens (tertiary/aromatic N) is 1. The summed E-state index contributed by atoms with van der Waals surface area (Å²) in [5, 5.41) is 2.74. The number of carbonyl (C=O) groups is 2. The molecule has 2 aromatic rings. The van der Waals surface area contributed by atoms with Gasteiger partial charge in [0.15, 0.2) is 6.61 Å². The van der Waals surface area contributed by atoms with Crippen molar-refractivity contribution >= 4 is 11.9 Å². The summed E-state index contributed by atoms with van der Waals surface area (Å²) in [5.74, 6) is -1.20. The third-order valence-electron chi connectivity index (χ3n) is 3.83. The predicted octanol–water partition coefficient (Wildman–Crippen LogP) is 0.520. The second kappa shape index (κ2) is 8.80. The van der Waals surface area contributed by atoms with Gasteiger partial charge in [-0.3, -0.25) is 23.9 Å². The number of aromatic amines is 1. The average Bonchev–Trinajstić information content (AvgIpc) is 2.62. The molecule has 0 radical (unpaired) electrons. The van der Waals surface area contributed by atoms with Gasteiger partial charge in [0.1, 0.15) is 6.54 Å². The van der Waals surface area contributed by atoms with Crippen molar-refractivity contribution in [3.63, 3.8) is 0 Å². The Bertz CT molecular complexity index is 883. The van der Waals surface area contributed by atoms with Gasteiger partial charge >= 0.3 is 11.7 Å². The van der Waals surface area contributed by atoms with Gasteiger partial charge in [-0.05, 0) is 24.5 Å². The lowest BCUT2D eigenvalue weighted by molar-refractivity contribution is -0.149. The molecule has 2 rings (SSSR count). The van der Waals surface area contributed by atoms with Crippen LogP contribution in [0.5, 0.6) is 0 Å². The maximum atomic E-state index is 11.9. The summed E-state index contributed by atoms with van der Waals surface area (Å²) in [6.45, 7) is 3.06. The fraction of sp³-hybridized carbons (Fsp3) is 0.333.